The molecule has 2 fully saturated rings. The Kier molecular flexibility index (Phi) is 5.58. The van der Waals surface area contributed by atoms with Crippen molar-refractivity contribution in [2.24, 2.45) is 5.92 Å². The molecule has 8 heteroatoms. The minimum absolute atomic E-state index is 0. The van der Waals surface area contributed by atoms with Crippen molar-refractivity contribution >= 4 is 18.4 Å². The number of nitrogens with zero attached hydrogens (tertiary/aromatic N) is 3. The standard InChI is InChI=1S/C18H20FN3O3.ClH/c19-13-7-5-11(6-8-13)17-20-16(25-21-17)10-22-14-4-2-1-3-12(14)9-15(22)18(23)24;/h5-8,12,14-15H,1-4,9-10H2,(H,23,24);1H. The largest absolute Gasteiger partial charge is 0.480 e. The summed E-state index contributed by atoms with van der Waals surface area (Å²) in [5.74, 6) is 0.122. The first kappa shape index (κ1) is 18.8. The number of carbonyl (C=O) groups is 1. The fraction of sp³-hybridized carbons (Fsp3) is 0.500. The summed E-state index contributed by atoms with van der Waals surface area (Å²) in [6.07, 6.45) is 5.12. The van der Waals surface area contributed by atoms with Crippen molar-refractivity contribution in [3.05, 3.63) is 36.0 Å². The molecule has 140 valence electrons. The maximum absolute atomic E-state index is 13.0. The molecule has 0 amide bonds. The zero-order valence-electron chi connectivity index (χ0n) is 14.2. The number of fused-ring (bicyclic) bond motifs is 1. The molecule has 0 spiro atoms. The van der Waals surface area contributed by atoms with Gasteiger partial charge in [-0.2, -0.15) is 4.98 Å². The van der Waals surface area contributed by atoms with E-state index in [4.69, 9.17) is 4.52 Å². The molecular formula is C18H21ClFN3O3. The van der Waals surface area contributed by atoms with Gasteiger partial charge in [-0.15, -0.1) is 12.4 Å². The SMILES string of the molecule is Cl.O=C(O)C1CC2CCCCC2N1Cc1nc(-c2ccc(F)cc2)no1. The lowest BCUT2D eigenvalue weighted by Crippen LogP contribution is -2.41. The van der Waals surface area contributed by atoms with Crippen LogP contribution in [0.1, 0.15) is 38.0 Å². The maximum Gasteiger partial charge on any atom is 0.320 e. The highest BCUT2D eigenvalue weighted by Gasteiger charge is 2.45. The zero-order chi connectivity index (χ0) is 17.4. The van der Waals surface area contributed by atoms with Gasteiger partial charge in [-0.05, 0) is 49.4 Å². The number of rotatable bonds is 4. The van der Waals surface area contributed by atoms with Crippen molar-refractivity contribution in [2.45, 2.75) is 50.7 Å². The average molecular weight is 382 g/mol. The van der Waals surface area contributed by atoms with Crippen LogP contribution in [0.15, 0.2) is 28.8 Å². The van der Waals surface area contributed by atoms with Gasteiger partial charge in [0.05, 0.1) is 6.54 Å². The second-order valence-electron chi connectivity index (χ2n) is 6.89. The zero-order valence-corrected chi connectivity index (χ0v) is 15.0. The predicted molar refractivity (Wildman–Crippen MR) is 94.3 cm³/mol. The third-order valence-electron chi connectivity index (χ3n) is 5.39. The first-order valence-electron chi connectivity index (χ1n) is 8.69. The molecule has 3 atom stereocenters. The topological polar surface area (TPSA) is 79.5 Å². The van der Waals surface area contributed by atoms with E-state index in [9.17, 15) is 14.3 Å². The molecule has 4 rings (SSSR count). The Labute approximate surface area is 156 Å². The van der Waals surface area contributed by atoms with Crippen molar-refractivity contribution < 1.29 is 18.8 Å². The van der Waals surface area contributed by atoms with Crippen LogP contribution in [0.3, 0.4) is 0 Å². The number of aromatic nitrogens is 2. The van der Waals surface area contributed by atoms with Crippen LogP contribution in [-0.4, -0.2) is 38.2 Å². The molecule has 1 saturated carbocycles. The van der Waals surface area contributed by atoms with E-state index in [2.05, 4.69) is 10.1 Å². The number of carboxylic acid groups (broad SMARTS) is 1. The summed E-state index contributed by atoms with van der Waals surface area (Å²) in [6.45, 7) is 0.340. The summed E-state index contributed by atoms with van der Waals surface area (Å²) in [4.78, 5) is 18.0. The molecule has 6 nitrogen and oxygen atoms in total. The second-order valence-corrected chi connectivity index (χ2v) is 6.89. The lowest BCUT2D eigenvalue weighted by atomic mass is 9.85. The molecule has 1 aromatic carbocycles. The third kappa shape index (κ3) is 3.59. The number of carboxylic acids is 1. The molecule has 3 unspecified atom stereocenters. The first-order chi connectivity index (χ1) is 12.1. The van der Waals surface area contributed by atoms with E-state index >= 15 is 0 Å². The van der Waals surface area contributed by atoms with E-state index in [1.165, 1.54) is 18.6 Å². The molecule has 1 aliphatic carbocycles. The molecule has 1 saturated heterocycles. The summed E-state index contributed by atoms with van der Waals surface area (Å²) in [5, 5.41) is 13.5. The number of benzene rings is 1. The van der Waals surface area contributed by atoms with Crippen LogP contribution < -0.4 is 0 Å². The van der Waals surface area contributed by atoms with Crippen LogP contribution in [0.2, 0.25) is 0 Å². The minimum Gasteiger partial charge on any atom is -0.480 e. The molecular weight excluding hydrogens is 361 g/mol. The van der Waals surface area contributed by atoms with E-state index in [1.54, 1.807) is 12.1 Å². The molecule has 26 heavy (non-hydrogen) atoms. The van der Waals surface area contributed by atoms with Crippen molar-refractivity contribution in [3.8, 4) is 11.4 Å². The minimum atomic E-state index is -0.785. The smallest absolute Gasteiger partial charge is 0.320 e. The third-order valence-corrected chi connectivity index (χ3v) is 5.39. The fourth-order valence-corrected chi connectivity index (χ4v) is 4.21. The van der Waals surface area contributed by atoms with E-state index in [1.807, 2.05) is 4.90 Å². The summed E-state index contributed by atoms with van der Waals surface area (Å²) in [5.41, 5.74) is 0.670. The van der Waals surface area contributed by atoms with Crippen LogP contribution in [0.25, 0.3) is 11.4 Å². The number of hydrogen-bond donors (Lipinski definition) is 1. The molecule has 2 aliphatic rings. The number of aliphatic carboxylic acids is 1. The Bertz CT molecular complexity index is 767. The van der Waals surface area contributed by atoms with Crippen molar-refractivity contribution in [2.75, 3.05) is 0 Å². The van der Waals surface area contributed by atoms with Crippen LogP contribution >= 0.6 is 12.4 Å². The Morgan fingerprint density at radius 3 is 2.73 bits per heavy atom. The monoisotopic (exact) mass is 381 g/mol. The molecule has 2 heterocycles. The highest BCUT2D eigenvalue weighted by atomic mass is 35.5. The summed E-state index contributed by atoms with van der Waals surface area (Å²) in [7, 11) is 0. The van der Waals surface area contributed by atoms with Gasteiger partial charge in [-0.1, -0.05) is 18.0 Å². The Hall–Kier alpha value is -1.99. The van der Waals surface area contributed by atoms with Crippen LogP contribution in [-0.2, 0) is 11.3 Å². The normalized spacial score (nSPS) is 25.5. The Morgan fingerprint density at radius 1 is 1.27 bits per heavy atom. The predicted octanol–water partition coefficient (Wildman–Crippen LogP) is 3.52. The Morgan fingerprint density at radius 2 is 2.00 bits per heavy atom. The molecule has 0 bridgehead atoms. The van der Waals surface area contributed by atoms with Gasteiger partial charge < -0.3 is 9.63 Å². The summed E-state index contributed by atoms with van der Waals surface area (Å²) >= 11 is 0. The van der Waals surface area contributed by atoms with Gasteiger partial charge in [0.2, 0.25) is 11.7 Å². The lowest BCUT2D eigenvalue weighted by molar-refractivity contribution is -0.143. The number of likely N-dealkylation sites (tertiary alicyclic amines) is 1. The van der Waals surface area contributed by atoms with E-state index < -0.39 is 12.0 Å². The number of halogens is 2. The molecule has 2 aromatic rings. The van der Waals surface area contributed by atoms with Gasteiger partial charge in [-0.25, -0.2) is 4.39 Å². The second kappa shape index (κ2) is 7.72. The van der Waals surface area contributed by atoms with Crippen molar-refractivity contribution in [1.29, 1.82) is 0 Å². The summed E-state index contributed by atoms with van der Waals surface area (Å²) < 4.78 is 18.4. The van der Waals surface area contributed by atoms with Crippen molar-refractivity contribution in [3.63, 3.8) is 0 Å². The highest BCUT2D eigenvalue weighted by Crippen LogP contribution is 2.40. The van der Waals surface area contributed by atoms with Gasteiger partial charge in [0.15, 0.2) is 0 Å². The van der Waals surface area contributed by atoms with Gasteiger partial charge in [0.1, 0.15) is 11.9 Å². The van der Waals surface area contributed by atoms with Crippen LogP contribution in [0.5, 0.6) is 0 Å². The van der Waals surface area contributed by atoms with E-state index in [0.29, 0.717) is 36.2 Å². The Balaban J connectivity index is 0.00000196. The summed E-state index contributed by atoms with van der Waals surface area (Å²) in [6, 6.07) is 5.66. The highest BCUT2D eigenvalue weighted by molar-refractivity contribution is 5.85. The van der Waals surface area contributed by atoms with Crippen LogP contribution in [0.4, 0.5) is 4.39 Å². The van der Waals surface area contributed by atoms with E-state index in [-0.39, 0.29) is 24.3 Å². The van der Waals surface area contributed by atoms with Gasteiger partial charge in [0.25, 0.3) is 0 Å². The lowest BCUT2D eigenvalue weighted by Gasteiger charge is -2.31. The molecule has 1 aliphatic heterocycles. The molecule has 1 N–H and O–H groups in total. The maximum atomic E-state index is 13.0. The molecule has 1 aromatic heterocycles. The fourth-order valence-electron chi connectivity index (χ4n) is 4.21. The quantitative estimate of drug-likeness (QED) is 0.872. The number of hydrogen-bond acceptors (Lipinski definition) is 5. The van der Waals surface area contributed by atoms with Gasteiger partial charge in [0, 0.05) is 11.6 Å². The first-order valence-corrected chi connectivity index (χ1v) is 8.69. The van der Waals surface area contributed by atoms with Gasteiger partial charge >= 0.3 is 5.97 Å². The van der Waals surface area contributed by atoms with Gasteiger partial charge in [-0.3, -0.25) is 9.69 Å². The average Bonchev–Trinajstić information content (AvgIpc) is 3.21. The van der Waals surface area contributed by atoms with Crippen molar-refractivity contribution in [1.82, 2.24) is 15.0 Å². The molecule has 0 radical (unpaired) electrons. The van der Waals surface area contributed by atoms with Crippen LogP contribution in [0, 0.1) is 11.7 Å². The van der Waals surface area contributed by atoms with E-state index in [0.717, 1.165) is 19.3 Å².